The van der Waals surface area contributed by atoms with Crippen molar-refractivity contribution in [3.8, 4) is 0 Å². The van der Waals surface area contributed by atoms with Gasteiger partial charge >= 0.3 is 0 Å². The summed E-state index contributed by atoms with van der Waals surface area (Å²) in [5.74, 6) is 0.0105. The van der Waals surface area contributed by atoms with Crippen LogP contribution in [0.3, 0.4) is 0 Å². The van der Waals surface area contributed by atoms with Gasteiger partial charge in [0.1, 0.15) is 4.88 Å². The van der Waals surface area contributed by atoms with E-state index in [-0.39, 0.29) is 11.9 Å². The van der Waals surface area contributed by atoms with E-state index in [2.05, 4.69) is 9.59 Å². The molecule has 1 atom stereocenters. The number of morpholine rings is 1. The van der Waals surface area contributed by atoms with E-state index in [0.29, 0.717) is 24.6 Å². The van der Waals surface area contributed by atoms with Gasteiger partial charge in [-0.15, -0.1) is 5.10 Å². The Hall–Kier alpha value is -1.73. The summed E-state index contributed by atoms with van der Waals surface area (Å²) in [6.07, 6.45) is 2.70. The molecule has 2 aromatic rings. The summed E-state index contributed by atoms with van der Waals surface area (Å²) in [4.78, 5) is 15.4. The van der Waals surface area contributed by atoms with Crippen molar-refractivity contribution in [2.75, 3.05) is 19.8 Å². The second-order valence-corrected chi connectivity index (χ2v) is 5.79. The minimum absolute atomic E-state index is 0.0105. The smallest absolute Gasteiger partial charge is 0.268 e. The van der Waals surface area contributed by atoms with Crippen LogP contribution < -0.4 is 0 Å². The van der Waals surface area contributed by atoms with Crippen molar-refractivity contribution >= 4 is 17.4 Å². The van der Waals surface area contributed by atoms with E-state index in [0.717, 1.165) is 17.8 Å². The molecule has 1 saturated heterocycles. The van der Waals surface area contributed by atoms with Crippen molar-refractivity contribution in [2.24, 2.45) is 7.05 Å². The molecule has 0 N–H and O–H groups in total. The van der Waals surface area contributed by atoms with Gasteiger partial charge in [-0.3, -0.25) is 4.79 Å². The van der Waals surface area contributed by atoms with Gasteiger partial charge in [-0.25, -0.2) is 0 Å². The zero-order valence-electron chi connectivity index (χ0n) is 12.2. The van der Waals surface area contributed by atoms with Gasteiger partial charge in [0.15, 0.2) is 0 Å². The van der Waals surface area contributed by atoms with Gasteiger partial charge in [0, 0.05) is 25.5 Å². The molecule has 1 amide bonds. The number of carbonyl (C=O) groups is 1. The van der Waals surface area contributed by atoms with Crippen molar-refractivity contribution in [2.45, 2.75) is 19.4 Å². The molecule has 0 spiro atoms. The van der Waals surface area contributed by atoms with Gasteiger partial charge in [-0.2, -0.15) is 0 Å². The summed E-state index contributed by atoms with van der Waals surface area (Å²) in [6, 6.07) is 3.96. The summed E-state index contributed by atoms with van der Waals surface area (Å²) in [5.41, 5.74) is 1.86. The summed E-state index contributed by atoms with van der Waals surface area (Å²) >= 11 is 1.18. The highest BCUT2D eigenvalue weighted by molar-refractivity contribution is 7.08. The topological polar surface area (TPSA) is 60.3 Å². The molecule has 112 valence electrons. The number of hydrogen-bond donors (Lipinski definition) is 0. The Labute approximate surface area is 127 Å². The molecule has 1 aliphatic rings. The summed E-state index contributed by atoms with van der Waals surface area (Å²) in [6.45, 7) is 3.68. The summed E-state index contributed by atoms with van der Waals surface area (Å²) in [5, 5.41) is 4.04. The quantitative estimate of drug-likeness (QED) is 0.865. The lowest BCUT2D eigenvalue weighted by Gasteiger charge is -2.35. The van der Waals surface area contributed by atoms with Crippen LogP contribution >= 0.6 is 11.5 Å². The average Bonchev–Trinajstić information content (AvgIpc) is 3.14. The summed E-state index contributed by atoms with van der Waals surface area (Å²) in [7, 11) is 1.98. The van der Waals surface area contributed by atoms with Crippen LogP contribution in [0, 0.1) is 0 Å². The van der Waals surface area contributed by atoms with Crippen LogP contribution in [0.2, 0.25) is 0 Å². The van der Waals surface area contributed by atoms with E-state index in [1.807, 2.05) is 41.8 Å². The molecule has 0 radical (unpaired) electrons. The van der Waals surface area contributed by atoms with E-state index in [1.165, 1.54) is 11.5 Å². The number of nitrogens with zero attached hydrogens (tertiary/aromatic N) is 4. The van der Waals surface area contributed by atoms with Crippen molar-refractivity contribution in [1.29, 1.82) is 0 Å². The first-order valence-electron chi connectivity index (χ1n) is 7.03. The lowest BCUT2D eigenvalue weighted by Crippen LogP contribution is -2.44. The van der Waals surface area contributed by atoms with Gasteiger partial charge in [0.05, 0.1) is 24.9 Å². The third kappa shape index (κ3) is 2.58. The van der Waals surface area contributed by atoms with Gasteiger partial charge < -0.3 is 14.2 Å². The highest BCUT2D eigenvalue weighted by atomic mass is 32.1. The van der Waals surface area contributed by atoms with Gasteiger partial charge in [-0.05, 0) is 30.1 Å². The number of amides is 1. The number of aromatic nitrogens is 3. The monoisotopic (exact) mass is 306 g/mol. The zero-order valence-corrected chi connectivity index (χ0v) is 13.0. The van der Waals surface area contributed by atoms with Gasteiger partial charge in [0.25, 0.3) is 5.91 Å². The third-order valence-electron chi connectivity index (χ3n) is 3.80. The standard InChI is InChI=1S/C14H18N4O2S/c1-3-10-13(21-16-15-10)14(19)18-7-8-20-9-12(18)11-5-4-6-17(11)2/h4-6,12H,3,7-9H2,1-2H3/t12-/m1/s1. The van der Waals surface area contributed by atoms with Crippen LogP contribution in [0.15, 0.2) is 18.3 Å². The molecule has 0 aliphatic carbocycles. The fourth-order valence-electron chi connectivity index (χ4n) is 2.65. The number of rotatable bonds is 3. The largest absolute Gasteiger partial charge is 0.377 e. The normalized spacial score (nSPS) is 19.0. The van der Waals surface area contributed by atoms with Crippen LogP contribution in [0.1, 0.15) is 34.0 Å². The van der Waals surface area contributed by atoms with Crippen LogP contribution in [0.5, 0.6) is 0 Å². The van der Waals surface area contributed by atoms with Gasteiger partial charge in [0.2, 0.25) is 0 Å². The van der Waals surface area contributed by atoms with Crippen molar-refractivity contribution in [3.05, 3.63) is 34.6 Å². The SMILES string of the molecule is CCc1nnsc1C(=O)N1CCOC[C@@H]1c1cccn1C. The fraction of sp³-hybridized carbons (Fsp3) is 0.500. The Morgan fingerprint density at radius 3 is 3.14 bits per heavy atom. The molecule has 0 unspecified atom stereocenters. The van der Waals surface area contributed by atoms with Crippen LogP contribution in [-0.2, 0) is 18.2 Å². The predicted molar refractivity (Wildman–Crippen MR) is 79.3 cm³/mol. The zero-order chi connectivity index (χ0) is 14.8. The first-order valence-corrected chi connectivity index (χ1v) is 7.81. The number of carbonyl (C=O) groups excluding carboxylic acids is 1. The van der Waals surface area contributed by atoms with Crippen molar-refractivity contribution in [1.82, 2.24) is 19.1 Å². The molecule has 7 heteroatoms. The van der Waals surface area contributed by atoms with Crippen molar-refractivity contribution < 1.29 is 9.53 Å². The molecular weight excluding hydrogens is 288 g/mol. The maximum Gasteiger partial charge on any atom is 0.268 e. The molecule has 1 fully saturated rings. The molecule has 6 nitrogen and oxygen atoms in total. The maximum atomic E-state index is 12.8. The number of aryl methyl sites for hydroxylation is 2. The van der Waals surface area contributed by atoms with Crippen LogP contribution in [-0.4, -0.2) is 44.7 Å². The highest BCUT2D eigenvalue weighted by Gasteiger charge is 2.32. The van der Waals surface area contributed by atoms with E-state index < -0.39 is 0 Å². The average molecular weight is 306 g/mol. The first-order chi connectivity index (χ1) is 10.2. The minimum atomic E-state index is -0.0574. The van der Waals surface area contributed by atoms with Crippen LogP contribution in [0.4, 0.5) is 0 Å². The molecule has 21 heavy (non-hydrogen) atoms. The second kappa shape index (κ2) is 5.95. The summed E-state index contributed by atoms with van der Waals surface area (Å²) < 4.78 is 11.5. The lowest BCUT2D eigenvalue weighted by molar-refractivity contribution is -0.00443. The molecule has 0 saturated carbocycles. The van der Waals surface area contributed by atoms with E-state index in [1.54, 1.807) is 0 Å². The number of hydrogen-bond acceptors (Lipinski definition) is 5. The molecule has 1 aliphatic heterocycles. The molecule has 3 heterocycles. The Morgan fingerprint density at radius 1 is 1.57 bits per heavy atom. The first kappa shape index (κ1) is 14.2. The third-order valence-corrected chi connectivity index (χ3v) is 4.56. The Bertz CT molecular complexity index is 636. The number of ether oxygens (including phenoxy) is 1. The second-order valence-electron chi connectivity index (χ2n) is 5.04. The highest BCUT2D eigenvalue weighted by Crippen LogP contribution is 2.27. The van der Waals surface area contributed by atoms with Gasteiger partial charge in [-0.1, -0.05) is 11.4 Å². The maximum absolute atomic E-state index is 12.8. The molecule has 3 rings (SSSR count). The van der Waals surface area contributed by atoms with Crippen LogP contribution in [0.25, 0.3) is 0 Å². The Balaban J connectivity index is 1.91. The molecule has 2 aromatic heterocycles. The van der Waals surface area contributed by atoms with E-state index >= 15 is 0 Å². The fourth-order valence-corrected chi connectivity index (χ4v) is 3.35. The Kier molecular flexibility index (Phi) is 4.03. The molecular formula is C14H18N4O2S. The van der Waals surface area contributed by atoms with Crippen molar-refractivity contribution in [3.63, 3.8) is 0 Å². The van der Waals surface area contributed by atoms with E-state index in [9.17, 15) is 4.79 Å². The minimum Gasteiger partial charge on any atom is -0.377 e. The molecule has 0 bridgehead atoms. The van der Waals surface area contributed by atoms with E-state index in [4.69, 9.17) is 4.74 Å². The predicted octanol–water partition coefficient (Wildman–Crippen LogP) is 1.65. The molecule has 0 aromatic carbocycles. The Morgan fingerprint density at radius 2 is 2.43 bits per heavy atom. The lowest BCUT2D eigenvalue weighted by atomic mass is 10.1.